The van der Waals surface area contributed by atoms with Crippen molar-refractivity contribution in [2.45, 2.75) is 61.7 Å². The van der Waals surface area contributed by atoms with Gasteiger partial charge in [0.1, 0.15) is 36.1 Å². The SMILES string of the molecule is CC1(OCc2ccccc2)C(OCc2ccccc2)C(COCc2ccccc2)OC1C1SCc2c(N)ncnc21. The number of rotatable bonds is 11. The quantitative estimate of drug-likeness (QED) is 0.239. The number of hydrogen-bond donors (Lipinski definition) is 1. The number of fused-ring (bicyclic) bond motifs is 1. The van der Waals surface area contributed by atoms with Crippen molar-refractivity contribution in [1.82, 2.24) is 9.97 Å². The van der Waals surface area contributed by atoms with Gasteiger partial charge in [-0.3, -0.25) is 0 Å². The monoisotopic (exact) mass is 569 g/mol. The number of hydrogen-bond acceptors (Lipinski definition) is 8. The molecule has 0 bridgehead atoms. The second-order valence-corrected chi connectivity index (χ2v) is 11.8. The van der Waals surface area contributed by atoms with E-state index >= 15 is 0 Å². The summed E-state index contributed by atoms with van der Waals surface area (Å²) in [5.74, 6) is 1.25. The van der Waals surface area contributed by atoms with Crippen molar-refractivity contribution in [3.63, 3.8) is 0 Å². The standard InChI is InChI=1S/C33H35N3O4S/c1-33(39-19-25-15-9-4-10-16-25)30(38-18-24-13-7-3-8-14-24)27(20-37-17-23-11-5-2-6-12-23)40-31(33)29-28-26(21-41-29)32(34)36-22-35-28/h2-16,22,27,29-31H,17-21H2,1H3,(H2,34,35,36). The fraction of sp³-hybridized carbons (Fsp3) is 0.333. The molecule has 7 nitrogen and oxygen atoms in total. The fourth-order valence-electron chi connectivity index (χ4n) is 5.62. The van der Waals surface area contributed by atoms with Gasteiger partial charge in [0, 0.05) is 11.3 Å². The third kappa shape index (κ3) is 6.17. The number of nitrogens with zero attached hydrogens (tertiary/aromatic N) is 2. The van der Waals surface area contributed by atoms with Crippen LogP contribution in [0.15, 0.2) is 97.3 Å². The molecule has 0 saturated carbocycles. The lowest BCUT2D eigenvalue weighted by molar-refractivity contribution is -0.146. The van der Waals surface area contributed by atoms with E-state index in [2.05, 4.69) is 53.3 Å². The molecule has 1 saturated heterocycles. The van der Waals surface area contributed by atoms with Crippen LogP contribution in [0, 0.1) is 0 Å². The highest BCUT2D eigenvalue weighted by atomic mass is 32.2. The Morgan fingerprint density at radius 3 is 2.12 bits per heavy atom. The van der Waals surface area contributed by atoms with Gasteiger partial charge in [0.15, 0.2) is 0 Å². The summed E-state index contributed by atoms with van der Waals surface area (Å²) in [6.45, 7) is 3.83. The van der Waals surface area contributed by atoms with Crippen LogP contribution >= 0.6 is 11.8 Å². The summed E-state index contributed by atoms with van der Waals surface area (Å²) in [5, 5.41) is -0.0852. The summed E-state index contributed by atoms with van der Waals surface area (Å²) >= 11 is 1.76. The topological polar surface area (TPSA) is 88.7 Å². The third-order valence-corrected chi connectivity index (χ3v) is 9.10. The van der Waals surface area contributed by atoms with E-state index in [1.54, 1.807) is 11.8 Å². The largest absolute Gasteiger partial charge is 0.383 e. The van der Waals surface area contributed by atoms with Crippen LogP contribution in [-0.2, 0) is 44.5 Å². The maximum absolute atomic E-state index is 6.89. The maximum Gasteiger partial charge on any atom is 0.131 e. The lowest BCUT2D eigenvalue weighted by atomic mass is 9.88. The Hall–Kier alpha value is -3.27. The molecule has 3 heterocycles. The molecule has 212 valence electrons. The van der Waals surface area contributed by atoms with Gasteiger partial charge in [0.25, 0.3) is 0 Å². The predicted octanol–water partition coefficient (Wildman–Crippen LogP) is 5.89. The van der Waals surface area contributed by atoms with Gasteiger partial charge >= 0.3 is 0 Å². The smallest absolute Gasteiger partial charge is 0.131 e. The fourth-order valence-corrected chi connectivity index (χ4v) is 7.13. The minimum Gasteiger partial charge on any atom is -0.383 e. The highest BCUT2D eigenvalue weighted by molar-refractivity contribution is 7.99. The van der Waals surface area contributed by atoms with Gasteiger partial charge in [-0.05, 0) is 23.6 Å². The highest BCUT2D eigenvalue weighted by Crippen LogP contribution is 2.52. The first-order valence-corrected chi connectivity index (χ1v) is 15.0. The minimum absolute atomic E-state index is 0.0852. The summed E-state index contributed by atoms with van der Waals surface area (Å²) in [6, 6.07) is 30.5. The summed E-state index contributed by atoms with van der Waals surface area (Å²) in [7, 11) is 0. The molecule has 5 atom stereocenters. The molecule has 3 aromatic carbocycles. The molecule has 41 heavy (non-hydrogen) atoms. The number of ether oxygens (including phenoxy) is 4. The molecule has 0 amide bonds. The Morgan fingerprint density at radius 2 is 1.46 bits per heavy atom. The molecule has 1 fully saturated rings. The average Bonchev–Trinajstić information content (AvgIpc) is 3.56. The predicted molar refractivity (Wildman–Crippen MR) is 160 cm³/mol. The number of nitrogen functional groups attached to an aromatic ring is 1. The summed E-state index contributed by atoms with van der Waals surface area (Å²) < 4.78 is 26.7. The van der Waals surface area contributed by atoms with Gasteiger partial charge in [-0.2, -0.15) is 0 Å². The normalized spacial score (nSPS) is 25.3. The van der Waals surface area contributed by atoms with Crippen LogP contribution in [0.4, 0.5) is 5.82 Å². The van der Waals surface area contributed by atoms with E-state index in [9.17, 15) is 0 Å². The Kier molecular flexibility index (Phi) is 8.64. The molecule has 2 N–H and O–H groups in total. The lowest BCUT2D eigenvalue weighted by Gasteiger charge is -2.37. The first kappa shape index (κ1) is 27.9. The van der Waals surface area contributed by atoms with E-state index in [1.807, 2.05) is 54.6 Å². The molecular formula is C33H35N3O4S. The highest BCUT2D eigenvalue weighted by Gasteiger charge is 2.59. The number of thioether (sulfide) groups is 1. The Bertz CT molecular complexity index is 1410. The number of anilines is 1. The van der Waals surface area contributed by atoms with Crippen molar-refractivity contribution < 1.29 is 18.9 Å². The van der Waals surface area contributed by atoms with Gasteiger partial charge < -0.3 is 24.7 Å². The molecule has 0 radical (unpaired) electrons. The molecule has 6 rings (SSSR count). The summed E-state index contributed by atoms with van der Waals surface area (Å²) in [5.41, 5.74) is 10.6. The van der Waals surface area contributed by atoms with Gasteiger partial charge in [-0.15, -0.1) is 11.8 Å². The van der Waals surface area contributed by atoms with Crippen molar-refractivity contribution in [3.05, 3.63) is 125 Å². The van der Waals surface area contributed by atoms with Crippen molar-refractivity contribution in [3.8, 4) is 0 Å². The first-order chi connectivity index (χ1) is 20.1. The van der Waals surface area contributed by atoms with Gasteiger partial charge in [0.05, 0.1) is 37.4 Å². The van der Waals surface area contributed by atoms with Crippen molar-refractivity contribution in [1.29, 1.82) is 0 Å². The van der Waals surface area contributed by atoms with Crippen LogP contribution in [0.3, 0.4) is 0 Å². The number of benzene rings is 3. The number of nitrogens with two attached hydrogens (primary N) is 1. The Labute approximate surface area is 245 Å². The molecule has 5 unspecified atom stereocenters. The van der Waals surface area contributed by atoms with E-state index in [4.69, 9.17) is 24.7 Å². The van der Waals surface area contributed by atoms with Gasteiger partial charge in [-0.1, -0.05) is 91.0 Å². The molecule has 4 aromatic rings. The molecule has 0 spiro atoms. The molecule has 2 aliphatic rings. The maximum atomic E-state index is 6.89. The molecule has 0 aliphatic carbocycles. The lowest BCUT2D eigenvalue weighted by Crippen LogP contribution is -2.51. The second kappa shape index (κ2) is 12.7. The van der Waals surface area contributed by atoms with Crippen LogP contribution in [0.25, 0.3) is 0 Å². The zero-order valence-electron chi connectivity index (χ0n) is 23.1. The van der Waals surface area contributed by atoms with Crippen LogP contribution in [0.2, 0.25) is 0 Å². The summed E-state index contributed by atoms with van der Waals surface area (Å²) in [6.07, 6.45) is 0.444. The molecule has 1 aromatic heterocycles. The van der Waals surface area contributed by atoms with E-state index < -0.39 is 11.7 Å². The summed E-state index contributed by atoms with van der Waals surface area (Å²) in [4.78, 5) is 8.88. The third-order valence-electron chi connectivity index (χ3n) is 7.81. The van der Waals surface area contributed by atoms with Crippen LogP contribution in [-0.4, -0.2) is 40.5 Å². The van der Waals surface area contributed by atoms with Crippen molar-refractivity contribution in [2.24, 2.45) is 0 Å². The molecule has 2 aliphatic heterocycles. The van der Waals surface area contributed by atoms with Crippen molar-refractivity contribution in [2.75, 3.05) is 12.3 Å². The zero-order valence-corrected chi connectivity index (χ0v) is 23.9. The first-order valence-electron chi connectivity index (χ1n) is 13.9. The van der Waals surface area contributed by atoms with E-state index in [-0.39, 0.29) is 17.5 Å². The zero-order chi connectivity index (χ0) is 28.1. The van der Waals surface area contributed by atoms with Crippen LogP contribution in [0.1, 0.15) is 40.1 Å². The van der Waals surface area contributed by atoms with Crippen LogP contribution < -0.4 is 5.73 Å². The van der Waals surface area contributed by atoms with Crippen LogP contribution in [0.5, 0.6) is 0 Å². The molecular weight excluding hydrogens is 534 g/mol. The Morgan fingerprint density at radius 1 is 0.854 bits per heavy atom. The molecule has 8 heteroatoms. The Balaban J connectivity index is 1.30. The van der Waals surface area contributed by atoms with Gasteiger partial charge in [-0.25, -0.2) is 9.97 Å². The van der Waals surface area contributed by atoms with Crippen molar-refractivity contribution >= 4 is 17.6 Å². The second-order valence-electron chi connectivity index (χ2n) is 10.6. The van der Waals surface area contributed by atoms with Gasteiger partial charge in [0.2, 0.25) is 0 Å². The average molecular weight is 570 g/mol. The minimum atomic E-state index is -0.801. The van der Waals surface area contributed by atoms with E-state index in [0.717, 1.165) is 33.7 Å². The number of aromatic nitrogens is 2. The van der Waals surface area contributed by atoms with E-state index in [0.29, 0.717) is 32.2 Å². The van der Waals surface area contributed by atoms with E-state index in [1.165, 1.54) is 6.33 Å².